The molecule has 0 amide bonds. The number of hydrogen-bond acceptors (Lipinski definition) is 1. The van der Waals surface area contributed by atoms with Crippen LogP contribution in [-0.4, -0.2) is 12.6 Å². The molecule has 1 nitrogen and oxygen atoms in total. The Labute approximate surface area is 74.9 Å². The molecule has 1 N–H and O–H groups in total. The summed E-state index contributed by atoms with van der Waals surface area (Å²) >= 11 is 0. The van der Waals surface area contributed by atoms with Crippen molar-refractivity contribution in [2.24, 2.45) is 17.3 Å². The van der Waals surface area contributed by atoms with E-state index in [2.05, 4.69) is 12.2 Å². The van der Waals surface area contributed by atoms with Crippen molar-refractivity contribution in [3.63, 3.8) is 0 Å². The fourth-order valence-electron chi connectivity index (χ4n) is 2.62. The monoisotopic (exact) mass is 165 g/mol. The third-order valence-corrected chi connectivity index (χ3v) is 4.20. The van der Waals surface area contributed by atoms with Crippen molar-refractivity contribution in [2.75, 3.05) is 6.54 Å². The highest BCUT2D eigenvalue weighted by atomic mass is 15.0. The fourth-order valence-corrected chi connectivity index (χ4v) is 2.62. The molecule has 3 rings (SSSR count). The molecule has 68 valence electrons. The van der Waals surface area contributed by atoms with E-state index in [0.717, 1.165) is 23.3 Å². The SMILES string of the molecule is CC1(C2CC2)CC1CNC1CC1. The van der Waals surface area contributed by atoms with Gasteiger partial charge in [0.15, 0.2) is 0 Å². The Morgan fingerprint density at radius 3 is 2.58 bits per heavy atom. The summed E-state index contributed by atoms with van der Waals surface area (Å²) < 4.78 is 0. The zero-order valence-electron chi connectivity index (χ0n) is 7.97. The average molecular weight is 165 g/mol. The molecule has 12 heavy (non-hydrogen) atoms. The predicted octanol–water partition coefficient (Wildman–Crippen LogP) is 2.17. The molecule has 0 aromatic rings. The maximum Gasteiger partial charge on any atom is 0.00683 e. The van der Waals surface area contributed by atoms with E-state index in [1.165, 1.54) is 38.6 Å². The van der Waals surface area contributed by atoms with Gasteiger partial charge in [-0.2, -0.15) is 0 Å². The lowest BCUT2D eigenvalue weighted by atomic mass is 10.0. The second kappa shape index (κ2) is 2.25. The summed E-state index contributed by atoms with van der Waals surface area (Å²) in [6.45, 7) is 3.82. The first-order valence-electron chi connectivity index (χ1n) is 5.52. The molecule has 3 fully saturated rings. The number of hydrogen-bond donors (Lipinski definition) is 1. The second-order valence-electron chi connectivity index (χ2n) is 5.36. The van der Waals surface area contributed by atoms with E-state index in [1.807, 2.05) is 0 Å². The molecule has 1 heteroatoms. The van der Waals surface area contributed by atoms with Crippen LogP contribution in [0.2, 0.25) is 0 Å². The van der Waals surface area contributed by atoms with Gasteiger partial charge in [-0.1, -0.05) is 6.92 Å². The van der Waals surface area contributed by atoms with Crippen molar-refractivity contribution in [2.45, 2.75) is 45.1 Å². The van der Waals surface area contributed by atoms with E-state index in [9.17, 15) is 0 Å². The van der Waals surface area contributed by atoms with Crippen LogP contribution >= 0.6 is 0 Å². The molecule has 3 saturated carbocycles. The third kappa shape index (κ3) is 1.19. The lowest BCUT2D eigenvalue weighted by Gasteiger charge is -2.09. The predicted molar refractivity (Wildman–Crippen MR) is 50.0 cm³/mol. The first-order valence-corrected chi connectivity index (χ1v) is 5.52. The molecule has 2 unspecified atom stereocenters. The summed E-state index contributed by atoms with van der Waals surface area (Å²) in [5, 5.41) is 3.66. The zero-order chi connectivity index (χ0) is 8.18. The van der Waals surface area contributed by atoms with Gasteiger partial charge >= 0.3 is 0 Å². The standard InChI is InChI=1S/C11H19N/c1-11(8-2-3-8)6-9(11)7-12-10-4-5-10/h8-10,12H,2-7H2,1H3. The summed E-state index contributed by atoms with van der Waals surface area (Å²) in [6, 6.07) is 0.911. The molecule has 0 spiro atoms. The maximum atomic E-state index is 3.66. The van der Waals surface area contributed by atoms with Crippen molar-refractivity contribution < 1.29 is 0 Å². The second-order valence-corrected chi connectivity index (χ2v) is 5.36. The molecule has 0 aromatic heterocycles. The van der Waals surface area contributed by atoms with Crippen LogP contribution in [0.25, 0.3) is 0 Å². The largest absolute Gasteiger partial charge is 0.314 e. The lowest BCUT2D eigenvalue weighted by molar-refractivity contribution is 0.422. The summed E-state index contributed by atoms with van der Waals surface area (Å²) in [4.78, 5) is 0. The molecule has 0 saturated heterocycles. The molecule has 3 aliphatic carbocycles. The van der Waals surface area contributed by atoms with E-state index in [0.29, 0.717) is 0 Å². The molecule has 0 radical (unpaired) electrons. The maximum absolute atomic E-state index is 3.66. The van der Waals surface area contributed by atoms with Crippen LogP contribution in [0.1, 0.15) is 39.0 Å². The van der Waals surface area contributed by atoms with Crippen LogP contribution in [0.5, 0.6) is 0 Å². The lowest BCUT2D eigenvalue weighted by Crippen LogP contribution is -2.21. The van der Waals surface area contributed by atoms with Gasteiger partial charge in [-0.05, 0) is 55.9 Å². The molecule has 2 atom stereocenters. The van der Waals surface area contributed by atoms with Gasteiger partial charge in [0.25, 0.3) is 0 Å². The van der Waals surface area contributed by atoms with Gasteiger partial charge in [-0.25, -0.2) is 0 Å². The van der Waals surface area contributed by atoms with Gasteiger partial charge < -0.3 is 5.32 Å². The summed E-state index contributed by atoms with van der Waals surface area (Å²) in [7, 11) is 0. The molecule has 0 aliphatic heterocycles. The third-order valence-electron chi connectivity index (χ3n) is 4.20. The van der Waals surface area contributed by atoms with Crippen LogP contribution in [0, 0.1) is 17.3 Å². The van der Waals surface area contributed by atoms with Gasteiger partial charge in [0.05, 0.1) is 0 Å². The Kier molecular flexibility index (Phi) is 1.39. The Bertz CT molecular complexity index is 193. The minimum absolute atomic E-state index is 0.780. The van der Waals surface area contributed by atoms with Gasteiger partial charge in [0, 0.05) is 6.04 Å². The van der Waals surface area contributed by atoms with E-state index < -0.39 is 0 Å². The number of nitrogens with one attached hydrogen (secondary N) is 1. The van der Waals surface area contributed by atoms with E-state index in [4.69, 9.17) is 0 Å². The van der Waals surface area contributed by atoms with E-state index >= 15 is 0 Å². The number of rotatable bonds is 4. The fraction of sp³-hybridized carbons (Fsp3) is 1.00. The van der Waals surface area contributed by atoms with Crippen molar-refractivity contribution in [1.29, 1.82) is 0 Å². The average Bonchev–Trinajstić information content (AvgIpc) is 2.90. The molecule has 0 aromatic carbocycles. The first kappa shape index (κ1) is 7.37. The van der Waals surface area contributed by atoms with Gasteiger partial charge in [-0.15, -0.1) is 0 Å². The van der Waals surface area contributed by atoms with E-state index in [-0.39, 0.29) is 0 Å². The Morgan fingerprint density at radius 2 is 2.00 bits per heavy atom. The van der Waals surface area contributed by atoms with Crippen molar-refractivity contribution >= 4 is 0 Å². The van der Waals surface area contributed by atoms with Gasteiger partial charge in [0.2, 0.25) is 0 Å². The Morgan fingerprint density at radius 1 is 1.25 bits per heavy atom. The van der Waals surface area contributed by atoms with Crippen LogP contribution in [-0.2, 0) is 0 Å². The minimum Gasteiger partial charge on any atom is -0.314 e. The summed E-state index contributed by atoms with van der Waals surface area (Å²) in [6.07, 6.45) is 7.43. The Hall–Kier alpha value is -0.0400. The van der Waals surface area contributed by atoms with Gasteiger partial charge in [0.1, 0.15) is 0 Å². The quantitative estimate of drug-likeness (QED) is 0.673. The minimum atomic E-state index is 0.780. The van der Waals surface area contributed by atoms with Crippen LogP contribution in [0.15, 0.2) is 0 Å². The van der Waals surface area contributed by atoms with Crippen LogP contribution in [0.3, 0.4) is 0 Å². The molecular formula is C11H19N. The molecule has 0 bridgehead atoms. The van der Waals surface area contributed by atoms with Crippen molar-refractivity contribution in [3.05, 3.63) is 0 Å². The first-order chi connectivity index (χ1) is 5.79. The van der Waals surface area contributed by atoms with Gasteiger partial charge in [-0.3, -0.25) is 0 Å². The summed E-state index contributed by atoms with van der Waals surface area (Å²) in [5.41, 5.74) is 0.780. The zero-order valence-corrected chi connectivity index (χ0v) is 7.97. The highest BCUT2D eigenvalue weighted by molar-refractivity contribution is 5.08. The van der Waals surface area contributed by atoms with E-state index in [1.54, 1.807) is 0 Å². The van der Waals surface area contributed by atoms with Crippen LogP contribution in [0.4, 0.5) is 0 Å². The normalized spacial score (nSPS) is 46.2. The molecular weight excluding hydrogens is 146 g/mol. The molecule has 0 heterocycles. The smallest absolute Gasteiger partial charge is 0.00683 e. The Balaban J connectivity index is 1.46. The van der Waals surface area contributed by atoms with Crippen molar-refractivity contribution in [1.82, 2.24) is 5.32 Å². The van der Waals surface area contributed by atoms with Crippen molar-refractivity contribution in [3.8, 4) is 0 Å². The highest BCUT2D eigenvalue weighted by Gasteiger charge is 2.57. The molecule has 3 aliphatic rings. The summed E-state index contributed by atoms with van der Waals surface area (Å²) in [5.74, 6) is 2.15. The van der Waals surface area contributed by atoms with Crippen LogP contribution < -0.4 is 5.32 Å². The highest BCUT2D eigenvalue weighted by Crippen LogP contribution is 2.64. The topological polar surface area (TPSA) is 12.0 Å².